The molecule has 0 bridgehead atoms. The summed E-state index contributed by atoms with van der Waals surface area (Å²) in [4.78, 5) is 19.0. The molecule has 0 N–H and O–H groups in total. The molecule has 13 heteroatoms. The number of hydrogen-bond donors (Lipinski definition) is 0. The second-order valence-electron chi connectivity index (χ2n) is 13.6. The van der Waals surface area contributed by atoms with Crippen LogP contribution in [0.2, 0.25) is 0 Å². The number of ether oxygens (including phenoxy) is 4. The molecule has 10 nitrogen and oxygen atoms in total. The van der Waals surface area contributed by atoms with Crippen molar-refractivity contribution in [3.8, 4) is 34.3 Å². The van der Waals surface area contributed by atoms with E-state index in [0.29, 0.717) is 33.1 Å². The normalized spacial score (nSPS) is 19.8. The molecule has 264 valence electrons. The lowest BCUT2D eigenvalue weighted by Gasteiger charge is -2.29. The van der Waals surface area contributed by atoms with Gasteiger partial charge in [0.15, 0.2) is 40.0 Å². The van der Waals surface area contributed by atoms with Crippen LogP contribution in [-0.4, -0.2) is 44.8 Å². The van der Waals surface area contributed by atoms with Crippen LogP contribution in [0.1, 0.15) is 77.9 Å². The lowest BCUT2D eigenvalue weighted by Crippen LogP contribution is -2.32. The summed E-state index contributed by atoms with van der Waals surface area (Å²) in [6, 6.07) is 20.2. The predicted molar refractivity (Wildman–Crippen MR) is 184 cm³/mol. The largest absolute Gasteiger partial charge is 0.454 e. The quantitative estimate of drug-likeness (QED) is 0.181. The zero-order chi connectivity index (χ0) is 35.7. The van der Waals surface area contributed by atoms with Gasteiger partial charge >= 0.3 is 6.18 Å². The molecule has 0 spiro atoms. The first-order valence-corrected chi connectivity index (χ1v) is 17.1. The Morgan fingerprint density at radius 1 is 0.885 bits per heavy atom. The molecule has 1 saturated carbocycles. The van der Waals surface area contributed by atoms with Crippen LogP contribution in [0.4, 0.5) is 13.2 Å². The summed E-state index contributed by atoms with van der Waals surface area (Å²) in [7, 11) is 0. The van der Waals surface area contributed by atoms with E-state index in [1.54, 1.807) is 18.2 Å². The number of hydrazone groups is 1. The van der Waals surface area contributed by atoms with E-state index < -0.39 is 23.8 Å². The summed E-state index contributed by atoms with van der Waals surface area (Å²) < 4.78 is 66.6. The van der Waals surface area contributed by atoms with Crippen molar-refractivity contribution >= 4 is 23.3 Å². The van der Waals surface area contributed by atoms with E-state index >= 15 is 0 Å². The van der Waals surface area contributed by atoms with Gasteiger partial charge in [-0.2, -0.15) is 23.4 Å². The molecule has 9 rings (SSSR count). The molecular formula is C39H32F3N5O5. The van der Waals surface area contributed by atoms with E-state index in [1.165, 1.54) is 11.1 Å². The highest BCUT2D eigenvalue weighted by molar-refractivity contribution is 6.09. The van der Waals surface area contributed by atoms with Crippen molar-refractivity contribution in [2.24, 2.45) is 11.0 Å². The zero-order valence-electron chi connectivity index (χ0n) is 28.2. The Kier molecular flexibility index (Phi) is 7.49. The fourth-order valence-electron chi connectivity index (χ4n) is 7.39. The van der Waals surface area contributed by atoms with Crippen molar-refractivity contribution in [3.05, 3.63) is 106 Å². The highest BCUT2D eigenvalue weighted by Gasteiger charge is 2.45. The summed E-state index contributed by atoms with van der Waals surface area (Å²) >= 11 is 0. The van der Waals surface area contributed by atoms with Gasteiger partial charge in [-0.15, -0.1) is 0 Å². The fraction of sp³-hybridized carbons (Fsp3) is 0.282. The van der Waals surface area contributed by atoms with Gasteiger partial charge < -0.3 is 18.9 Å². The predicted octanol–water partition coefficient (Wildman–Crippen LogP) is 8.43. The number of allylic oxidation sites excluding steroid dienone is 1. The van der Waals surface area contributed by atoms with Crippen LogP contribution in [0, 0.1) is 5.92 Å². The van der Waals surface area contributed by atoms with Gasteiger partial charge in [0.2, 0.25) is 13.6 Å². The van der Waals surface area contributed by atoms with Crippen LogP contribution in [0.5, 0.6) is 23.0 Å². The fourth-order valence-corrected chi connectivity index (χ4v) is 7.39. The van der Waals surface area contributed by atoms with Crippen LogP contribution in [0.3, 0.4) is 0 Å². The van der Waals surface area contributed by atoms with Crippen molar-refractivity contribution in [1.29, 1.82) is 0 Å². The first-order valence-electron chi connectivity index (χ1n) is 17.1. The molecule has 2 atom stereocenters. The summed E-state index contributed by atoms with van der Waals surface area (Å²) in [5.74, 6) is 1.88. The van der Waals surface area contributed by atoms with Crippen LogP contribution in [0.15, 0.2) is 83.5 Å². The number of amides is 1. The van der Waals surface area contributed by atoms with E-state index in [4.69, 9.17) is 24.0 Å². The van der Waals surface area contributed by atoms with Gasteiger partial charge in [0.1, 0.15) is 0 Å². The third-order valence-electron chi connectivity index (χ3n) is 10.00. The van der Waals surface area contributed by atoms with Crippen molar-refractivity contribution in [3.63, 3.8) is 0 Å². The van der Waals surface area contributed by atoms with E-state index in [-0.39, 0.29) is 42.5 Å². The van der Waals surface area contributed by atoms with E-state index in [0.717, 1.165) is 53.3 Å². The highest BCUT2D eigenvalue weighted by atomic mass is 19.4. The zero-order valence-corrected chi connectivity index (χ0v) is 28.2. The Bertz CT molecular complexity index is 2310. The molecule has 3 aromatic carbocycles. The number of nitrogens with zero attached hydrogens (tertiary/aromatic N) is 5. The average molecular weight is 708 g/mol. The molecule has 0 saturated heterocycles. The number of alkyl halides is 3. The molecule has 1 fully saturated rings. The highest BCUT2D eigenvalue weighted by Crippen LogP contribution is 2.47. The number of halogens is 3. The Morgan fingerprint density at radius 2 is 1.60 bits per heavy atom. The Balaban J connectivity index is 1.13. The maximum Gasteiger partial charge on any atom is 0.433 e. The van der Waals surface area contributed by atoms with Crippen LogP contribution >= 0.6 is 0 Å². The first-order chi connectivity index (χ1) is 25.1. The maximum absolute atomic E-state index is 14.5. The molecule has 5 aromatic rings. The summed E-state index contributed by atoms with van der Waals surface area (Å²) in [5.41, 5.74) is 3.70. The molecule has 2 aromatic heterocycles. The SMILES string of the molecule is CC(C)c1ccc(-c2cc(C(F)(F)F)n3nc(C(=O)N4N=C5/C(=C/c6ccc7c(c6)OCO7)CCC[C@H]5[C@@H]4c4ccc5c(c4)OCO5)cc3n2)cc1. The van der Waals surface area contributed by atoms with E-state index in [9.17, 15) is 18.0 Å². The standard InChI is InChI=1S/C39H32F3N5O5/c1-21(2)23-7-9-24(10-8-23)28-17-34(39(40,41)42)46-35(43-28)18-29(44-46)38(48)47-37(26-11-13-31-33(16-26)52-20-50-31)27-5-3-4-25(36(27)45-47)14-22-6-12-30-32(15-22)51-19-49-30/h6-18,21,27,37H,3-5,19-20H2,1-2H3/b25-14+/t27-,37+/m1/s1. The van der Waals surface area contributed by atoms with Gasteiger partial charge in [-0.1, -0.05) is 50.2 Å². The van der Waals surface area contributed by atoms with Gasteiger partial charge in [0.25, 0.3) is 5.91 Å². The van der Waals surface area contributed by atoms with E-state index in [2.05, 4.69) is 10.1 Å². The van der Waals surface area contributed by atoms with Gasteiger partial charge in [-0.05, 0) is 83.9 Å². The van der Waals surface area contributed by atoms with Crippen molar-refractivity contribution in [2.75, 3.05) is 13.6 Å². The molecule has 4 aliphatic rings. The average Bonchev–Trinajstić information content (AvgIpc) is 3.95. The third kappa shape index (κ3) is 5.51. The van der Waals surface area contributed by atoms with Gasteiger partial charge in [0.05, 0.1) is 17.4 Å². The number of benzene rings is 3. The second kappa shape index (κ2) is 12.1. The summed E-state index contributed by atoms with van der Waals surface area (Å²) in [5, 5.41) is 10.5. The summed E-state index contributed by atoms with van der Waals surface area (Å²) in [6.45, 7) is 4.33. The van der Waals surface area contributed by atoms with Gasteiger partial charge in [-0.25, -0.2) is 14.5 Å². The third-order valence-corrected chi connectivity index (χ3v) is 10.00. The number of rotatable bonds is 5. The van der Waals surface area contributed by atoms with Crippen LogP contribution in [0.25, 0.3) is 23.0 Å². The molecule has 52 heavy (non-hydrogen) atoms. The maximum atomic E-state index is 14.5. The lowest BCUT2D eigenvalue weighted by molar-refractivity contribution is -0.142. The number of fused-ring (bicyclic) bond motifs is 4. The number of carbonyl (C=O) groups excluding carboxylic acids is 1. The molecule has 3 aliphatic heterocycles. The second-order valence-corrected chi connectivity index (χ2v) is 13.6. The first kappa shape index (κ1) is 32.1. The lowest BCUT2D eigenvalue weighted by atomic mass is 9.77. The minimum atomic E-state index is -4.77. The van der Waals surface area contributed by atoms with Crippen LogP contribution < -0.4 is 18.9 Å². The monoisotopic (exact) mass is 707 g/mol. The van der Waals surface area contributed by atoms with E-state index in [1.807, 2.05) is 62.4 Å². The molecule has 1 amide bonds. The minimum absolute atomic E-state index is 0.0827. The number of hydrogen-bond acceptors (Lipinski definition) is 8. The van der Waals surface area contributed by atoms with Gasteiger partial charge in [0, 0.05) is 17.5 Å². The molecule has 1 aliphatic carbocycles. The van der Waals surface area contributed by atoms with Crippen molar-refractivity contribution in [1.82, 2.24) is 19.6 Å². The number of carbonyl (C=O) groups is 1. The number of aromatic nitrogens is 3. The smallest absolute Gasteiger partial charge is 0.433 e. The Morgan fingerprint density at radius 3 is 2.33 bits per heavy atom. The van der Waals surface area contributed by atoms with Crippen molar-refractivity contribution in [2.45, 2.75) is 51.2 Å². The van der Waals surface area contributed by atoms with Crippen molar-refractivity contribution < 1.29 is 36.9 Å². The van der Waals surface area contributed by atoms with Gasteiger partial charge in [-0.3, -0.25) is 4.79 Å². The summed E-state index contributed by atoms with van der Waals surface area (Å²) in [6.07, 6.45) is -0.418. The Labute approximate surface area is 296 Å². The topological polar surface area (TPSA) is 99.8 Å². The van der Waals surface area contributed by atoms with Crippen LogP contribution in [-0.2, 0) is 6.18 Å². The Hall–Kier alpha value is -5.85. The minimum Gasteiger partial charge on any atom is -0.454 e. The molecule has 0 radical (unpaired) electrons. The molecule has 5 heterocycles. The molecule has 0 unspecified atom stereocenters. The molecular weight excluding hydrogens is 675 g/mol.